The van der Waals surface area contributed by atoms with Gasteiger partial charge < -0.3 is 9.47 Å². The number of fused-ring (bicyclic) bond motifs is 2. The molecule has 2 saturated carbocycles. The molecule has 0 amide bonds. The summed E-state index contributed by atoms with van der Waals surface area (Å²) in [6.45, 7) is 3.87. The van der Waals surface area contributed by atoms with Crippen LogP contribution >= 0.6 is 0 Å². The molecule has 3 aliphatic rings. The molecule has 1 aliphatic heterocycles. The summed E-state index contributed by atoms with van der Waals surface area (Å²) in [7, 11) is 1.44. The zero-order valence-electron chi connectivity index (χ0n) is 11.8. The van der Waals surface area contributed by atoms with Gasteiger partial charge in [-0.05, 0) is 37.0 Å². The van der Waals surface area contributed by atoms with Crippen LogP contribution in [0.25, 0.3) is 0 Å². The zero-order valence-corrected chi connectivity index (χ0v) is 11.8. The lowest BCUT2D eigenvalue weighted by molar-refractivity contribution is -0.145. The maximum absolute atomic E-state index is 11.3. The summed E-state index contributed by atoms with van der Waals surface area (Å²) in [5.41, 5.74) is 0. The fraction of sp³-hybridized carbons (Fsp3) is 0.933. The molecule has 0 N–H and O–H groups in total. The molecule has 108 valence electrons. The predicted octanol–water partition coefficient (Wildman–Crippen LogP) is 1.69. The van der Waals surface area contributed by atoms with E-state index in [1.807, 2.05) is 0 Å². The number of esters is 1. The molecule has 0 radical (unpaired) electrons. The third-order valence-corrected chi connectivity index (χ3v) is 5.22. The van der Waals surface area contributed by atoms with Gasteiger partial charge in [0.05, 0.1) is 26.2 Å². The van der Waals surface area contributed by atoms with Crippen molar-refractivity contribution in [3.05, 3.63) is 0 Å². The lowest BCUT2D eigenvalue weighted by atomic mass is 9.88. The summed E-state index contributed by atoms with van der Waals surface area (Å²) in [6.07, 6.45) is 6.24. The van der Waals surface area contributed by atoms with E-state index in [2.05, 4.69) is 4.90 Å². The molecule has 0 spiro atoms. The minimum atomic E-state index is -0.160. The van der Waals surface area contributed by atoms with Gasteiger partial charge in [-0.2, -0.15) is 0 Å². The molecule has 19 heavy (non-hydrogen) atoms. The molecule has 0 aromatic rings. The minimum absolute atomic E-state index is 0.0276. The Bertz CT molecular complexity index is 333. The van der Waals surface area contributed by atoms with Crippen molar-refractivity contribution in [1.29, 1.82) is 0 Å². The summed E-state index contributed by atoms with van der Waals surface area (Å²) in [5, 5.41) is 0. The van der Waals surface area contributed by atoms with Crippen LogP contribution < -0.4 is 0 Å². The molecule has 4 atom stereocenters. The first-order chi connectivity index (χ1) is 9.24. The summed E-state index contributed by atoms with van der Waals surface area (Å²) in [4.78, 5) is 13.8. The Kier molecular flexibility index (Phi) is 4.08. The number of hydrogen-bond donors (Lipinski definition) is 0. The molecule has 4 nitrogen and oxygen atoms in total. The molecule has 3 rings (SSSR count). The first-order valence-electron chi connectivity index (χ1n) is 7.65. The van der Waals surface area contributed by atoms with Crippen LogP contribution in [0.3, 0.4) is 0 Å². The van der Waals surface area contributed by atoms with Gasteiger partial charge in [-0.25, -0.2) is 0 Å². The van der Waals surface area contributed by atoms with E-state index in [9.17, 15) is 4.79 Å². The molecule has 3 fully saturated rings. The van der Waals surface area contributed by atoms with Gasteiger partial charge in [-0.15, -0.1) is 0 Å². The zero-order chi connectivity index (χ0) is 13.2. The van der Waals surface area contributed by atoms with Crippen molar-refractivity contribution in [2.24, 2.45) is 17.8 Å². The van der Waals surface area contributed by atoms with E-state index in [1.165, 1.54) is 39.3 Å². The summed E-state index contributed by atoms with van der Waals surface area (Å²) in [5.74, 6) is 2.73. The Labute approximate surface area is 115 Å². The Morgan fingerprint density at radius 2 is 2.26 bits per heavy atom. The standard InChI is InChI=1S/C15H25NO3/c1-18-15(17)8-14-10-16(4-5-19-14)9-13-7-11-2-3-12(13)6-11/h11-14H,2-10H2,1H3. The highest BCUT2D eigenvalue weighted by Gasteiger charge is 2.40. The van der Waals surface area contributed by atoms with Gasteiger partial charge in [0.25, 0.3) is 0 Å². The molecule has 1 heterocycles. The SMILES string of the molecule is COC(=O)CC1CN(CC2CC3CCC2C3)CCO1. The van der Waals surface area contributed by atoms with E-state index >= 15 is 0 Å². The van der Waals surface area contributed by atoms with Crippen LogP contribution in [0.2, 0.25) is 0 Å². The van der Waals surface area contributed by atoms with Gasteiger partial charge in [0.2, 0.25) is 0 Å². The van der Waals surface area contributed by atoms with Crippen molar-refractivity contribution >= 4 is 5.97 Å². The van der Waals surface area contributed by atoms with Crippen LogP contribution in [0, 0.1) is 17.8 Å². The average molecular weight is 267 g/mol. The highest BCUT2D eigenvalue weighted by molar-refractivity contribution is 5.69. The maximum Gasteiger partial charge on any atom is 0.308 e. The first kappa shape index (κ1) is 13.4. The molecule has 2 aliphatic carbocycles. The van der Waals surface area contributed by atoms with E-state index in [0.29, 0.717) is 6.42 Å². The van der Waals surface area contributed by atoms with Crippen molar-refractivity contribution in [2.75, 3.05) is 33.4 Å². The van der Waals surface area contributed by atoms with Crippen molar-refractivity contribution in [1.82, 2.24) is 4.90 Å². The number of ether oxygens (including phenoxy) is 2. The van der Waals surface area contributed by atoms with E-state index in [0.717, 1.165) is 37.5 Å². The molecule has 2 bridgehead atoms. The third kappa shape index (κ3) is 3.11. The fourth-order valence-corrected chi connectivity index (χ4v) is 4.27. The number of nitrogens with zero attached hydrogens (tertiary/aromatic N) is 1. The van der Waals surface area contributed by atoms with Gasteiger partial charge in [-0.3, -0.25) is 9.69 Å². The van der Waals surface area contributed by atoms with Crippen LogP contribution in [0.4, 0.5) is 0 Å². The summed E-state index contributed by atoms with van der Waals surface area (Å²) < 4.78 is 10.4. The number of carbonyl (C=O) groups is 1. The average Bonchev–Trinajstić information content (AvgIpc) is 3.01. The van der Waals surface area contributed by atoms with E-state index in [4.69, 9.17) is 9.47 Å². The highest BCUT2D eigenvalue weighted by Crippen LogP contribution is 2.48. The van der Waals surface area contributed by atoms with E-state index in [-0.39, 0.29) is 12.1 Å². The van der Waals surface area contributed by atoms with Crippen molar-refractivity contribution in [3.63, 3.8) is 0 Å². The van der Waals surface area contributed by atoms with E-state index in [1.54, 1.807) is 0 Å². The molecule has 0 aromatic carbocycles. The van der Waals surface area contributed by atoms with Crippen LogP contribution in [-0.2, 0) is 14.3 Å². The monoisotopic (exact) mass is 267 g/mol. The Hall–Kier alpha value is -0.610. The molecular formula is C15H25NO3. The molecule has 4 unspecified atom stereocenters. The second-order valence-electron chi connectivity index (χ2n) is 6.47. The predicted molar refractivity (Wildman–Crippen MR) is 71.8 cm³/mol. The lowest BCUT2D eigenvalue weighted by Crippen LogP contribution is -2.45. The largest absolute Gasteiger partial charge is 0.469 e. The van der Waals surface area contributed by atoms with Gasteiger partial charge >= 0.3 is 5.97 Å². The topological polar surface area (TPSA) is 38.8 Å². The second-order valence-corrected chi connectivity index (χ2v) is 6.47. The van der Waals surface area contributed by atoms with Crippen molar-refractivity contribution in [3.8, 4) is 0 Å². The smallest absolute Gasteiger partial charge is 0.308 e. The van der Waals surface area contributed by atoms with Crippen LogP contribution in [0.1, 0.15) is 32.1 Å². The Morgan fingerprint density at radius 1 is 1.37 bits per heavy atom. The third-order valence-electron chi connectivity index (χ3n) is 5.22. The molecule has 1 saturated heterocycles. The van der Waals surface area contributed by atoms with Crippen LogP contribution in [0.5, 0.6) is 0 Å². The number of methoxy groups -OCH3 is 1. The lowest BCUT2D eigenvalue weighted by Gasteiger charge is -2.35. The van der Waals surface area contributed by atoms with Gasteiger partial charge in [0.1, 0.15) is 0 Å². The maximum atomic E-state index is 11.3. The minimum Gasteiger partial charge on any atom is -0.469 e. The number of carbonyl (C=O) groups excluding carboxylic acids is 1. The van der Waals surface area contributed by atoms with Gasteiger partial charge in [-0.1, -0.05) is 6.42 Å². The van der Waals surface area contributed by atoms with Crippen LogP contribution in [0.15, 0.2) is 0 Å². The molecule has 0 aromatic heterocycles. The first-order valence-corrected chi connectivity index (χ1v) is 7.65. The van der Waals surface area contributed by atoms with Gasteiger partial charge in [0.15, 0.2) is 0 Å². The van der Waals surface area contributed by atoms with Crippen molar-refractivity contribution in [2.45, 2.75) is 38.2 Å². The van der Waals surface area contributed by atoms with Crippen LogP contribution in [-0.4, -0.2) is 50.3 Å². The molecule has 4 heteroatoms. The normalized spacial score (nSPS) is 38.6. The quantitative estimate of drug-likeness (QED) is 0.727. The Balaban J connectivity index is 1.47. The summed E-state index contributed by atoms with van der Waals surface area (Å²) >= 11 is 0. The number of hydrogen-bond acceptors (Lipinski definition) is 4. The number of rotatable bonds is 4. The Morgan fingerprint density at radius 3 is 2.95 bits per heavy atom. The summed E-state index contributed by atoms with van der Waals surface area (Å²) in [6, 6.07) is 0. The van der Waals surface area contributed by atoms with Crippen molar-refractivity contribution < 1.29 is 14.3 Å². The fourth-order valence-electron chi connectivity index (χ4n) is 4.27. The second kappa shape index (κ2) is 5.80. The highest BCUT2D eigenvalue weighted by atomic mass is 16.5. The number of morpholine rings is 1. The van der Waals surface area contributed by atoms with Gasteiger partial charge in [0, 0.05) is 19.6 Å². The van der Waals surface area contributed by atoms with E-state index < -0.39 is 0 Å². The molecular weight excluding hydrogens is 242 g/mol.